The van der Waals surface area contributed by atoms with Crippen LogP contribution in [0.2, 0.25) is 0 Å². The van der Waals surface area contributed by atoms with Crippen molar-refractivity contribution in [3.63, 3.8) is 0 Å². The van der Waals surface area contributed by atoms with Gasteiger partial charge in [0.1, 0.15) is 0 Å². The summed E-state index contributed by atoms with van der Waals surface area (Å²) in [6, 6.07) is 0. The minimum atomic E-state index is -1.23. The molecule has 0 aliphatic heterocycles. The lowest BCUT2D eigenvalue weighted by Crippen LogP contribution is -2.27. The van der Waals surface area contributed by atoms with Gasteiger partial charge in [-0.15, -0.1) is 0 Å². The van der Waals surface area contributed by atoms with Crippen LogP contribution in [0.5, 0.6) is 0 Å². The molecule has 1 aromatic heterocycles. The fourth-order valence-corrected chi connectivity index (χ4v) is 0.659. The predicted molar refractivity (Wildman–Crippen MR) is 32.6 cm³/mol. The average Bonchev–Trinajstić information content (AvgIpc) is 2.34. The molecule has 58 valence electrons. The molecule has 0 N–H and O–H groups in total. The molecule has 1 heterocycles. The maximum Gasteiger partial charge on any atom is 0.153 e. The number of aromatic nitrogens is 2. The van der Waals surface area contributed by atoms with Crippen LogP contribution in [0.15, 0.2) is 12.4 Å². The molecule has 0 aliphatic carbocycles. The molecular weight excluding hydrogens is 148 g/mol. The van der Waals surface area contributed by atoms with E-state index < -0.39 is 5.97 Å². The summed E-state index contributed by atoms with van der Waals surface area (Å²) in [5.74, 6) is -1.23. The topological polar surface area (TPSA) is 75.0 Å². The Kier molecular flexibility index (Phi) is 2.00. The lowest BCUT2D eigenvalue weighted by molar-refractivity contribution is -0.306. The lowest BCUT2D eigenvalue weighted by atomic mass is 10.4. The maximum absolute atomic E-state index is 10.1. The van der Waals surface area contributed by atoms with Gasteiger partial charge < -0.3 is 9.90 Å². The molecule has 0 amide bonds. The molecule has 0 fully saturated rings. The first-order chi connectivity index (χ1) is 5.22. The first-order valence-corrected chi connectivity index (χ1v) is 2.90. The second kappa shape index (κ2) is 2.96. The molecule has 0 bridgehead atoms. The standard InChI is InChI=1S/C6H6N2O3/c9-4-5-1-7-8(2-5)3-6(10)11/h1-2,4H,3H2,(H,10,11)/p-1. The highest BCUT2D eigenvalue weighted by atomic mass is 16.4. The van der Waals surface area contributed by atoms with E-state index in [1.165, 1.54) is 12.4 Å². The number of aliphatic carboxylic acids is 1. The zero-order valence-corrected chi connectivity index (χ0v) is 5.56. The quantitative estimate of drug-likeness (QED) is 0.492. The molecule has 0 atom stereocenters. The monoisotopic (exact) mass is 153 g/mol. The molecule has 1 rings (SSSR count). The largest absolute Gasteiger partial charge is 0.548 e. The average molecular weight is 153 g/mol. The van der Waals surface area contributed by atoms with E-state index in [2.05, 4.69) is 5.10 Å². The van der Waals surface area contributed by atoms with E-state index in [0.29, 0.717) is 11.8 Å². The Morgan fingerprint density at radius 3 is 3.00 bits per heavy atom. The van der Waals surface area contributed by atoms with Gasteiger partial charge in [0.05, 0.1) is 24.3 Å². The third kappa shape index (κ3) is 1.89. The van der Waals surface area contributed by atoms with E-state index in [4.69, 9.17) is 0 Å². The Morgan fingerprint density at radius 2 is 2.55 bits per heavy atom. The van der Waals surface area contributed by atoms with Gasteiger partial charge >= 0.3 is 0 Å². The highest BCUT2D eigenvalue weighted by Crippen LogP contribution is 1.91. The molecule has 0 saturated heterocycles. The summed E-state index contributed by atoms with van der Waals surface area (Å²) in [6.07, 6.45) is 3.22. The Labute approximate surface area is 62.3 Å². The van der Waals surface area contributed by atoms with Crippen molar-refractivity contribution < 1.29 is 14.7 Å². The number of carboxylic acids is 1. The third-order valence-electron chi connectivity index (χ3n) is 1.08. The van der Waals surface area contributed by atoms with Crippen LogP contribution in [-0.4, -0.2) is 22.0 Å². The summed E-state index contributed by atoms with van der Waals surface area (Å²) in [4.78, 5) is 20.1. The predicted octanol–water partition coefficient (Wildman–Crippen LogP) is -1.55. The first kappa shape index (κ1) is 7.46. The van der Waals surface area contributed by atoms with Crippen LogP contribution in [0.1, 0.15) is 10.4 Å². The van der Waals surface area contributed by atoms with Crippen molar-refractivity contribution in [3.8, 4) is 0 Å². The van der Waals surface area contributed by atoms with Crippen LogP contribution in [-0.2, 0) is 11.3 Å². The SMILES string of the molecule is O=Cc1cnn(CC(=O)[O-])c1. The van der Waals surface area contributed by atoms with Gasteiger partial charge in [-0.3, -0.25) is 9.48 Å². The normalized spacial score (nSPS) is 9.45. The lowest BCUT2D eigenvalue weighted by Gasteiger charge is -1.99. The molecule has 0 radical (unpaired) electrons. The first-order valence-electron chi connectivity index (χ1n) is 2.90. The number of aldehydes is 1. The van der Waals surface area contributed by atoms with Crippen molar-refractivity contribution in [3.05, 3.63) is 18.0 Å². The van der Waals surface area contributed by atoms with Crippen LogP contribution in [0.25, 0.3) is 0 Å². The number of carbonyl (C=O) groups is 2. The number of hydrogen-bond acceptors (Lipinski definition) is 4. The van der Waals surface area contributed by atoms with E-state index in [1.54, 1.807) is 0 Å². The van der Waals surface area contributed by atoms with Crippen LogP contribution in [0, 0.1) is 0 Å². The molecule has 0 aliphatic rings. The maximum atomic E-state index is 10.1. The van der Waals surface area contributed by atoms with Crippen molar-refractivity contribution in [1.29, 1.82) is 0 Å². The van der Waals surface area contributed by atoms with Gasteiger partial charge in [0.15, 0.2) is 6.29 Å². The summed E-state index contributed by atoms with van der Waals surface area (Å²) >= 11 is 0. The van der Waals surface area contributed by atoms with Crippen molar-refractivity contribution in [1.82, 2.24) is 9.78 Å². The van der Waals surface area contributed by atoms with Gasteiger partial charge in [0, 0.05) is 6.20 Å². The van der Waals surface area contributed by atoms with Gasteiger partial charge in [-0.2, -0.15) is 5.10 Å². The molecule has 5 nitrogen and oxygen atoms in total. The summed E-state index contributed by atoms with van der Waals surface area (Å²) in [5, 5.41) is 13.6. The van der Waals surface area contributed by atoms with E-state index in [0.717, 1.165) is 4.68 Å². The minimum Gasteiger partial charge on any atom is -0.548 e. The van der Waals surface area contributed by atoms with Crippen LogP contribution >= 0.6 is 0 Å². The van der Waals surface area contributed by atoms with Crippen LogP contribution in [0.4, 0.5) is 0 Å². The van der Waals surface area contributed by atoms with E-state index in [-0.39, 0.29) is 6.54 Å². The second-order valence-corrected chi connectivity index (χ2v) is 1.96. The fourth-order valence-electron chi connectivity index (χ4n) is 0.659. The molecule has 1 aromatic rings. The number of nitrogens with zero attached hydrogens (tertiary/aromatic N) is 2. The Bertz CT molecular complexity index is 279. The number of rotatable bonds is 3. The Balaban J connectivity index is 2.72. The fraction of sp³-hybridized carbons (Fsp3) is 0.167. The summed E-state index contributed by atoms with van der Waals surface area (Å²) in [7, 11) is 0. The molecule has 0 unspecified atom stereocenters. The molecule has 0 spiro atoms. The van der Waals surface area contributed by atoms with Crippen LogP contribution in [0.3, 0.4) is 0 Å². The minimum absolute atomic E-state index is 0.326. The van der Waals surface area contributed by atoms with Gasteiger partial charge in [-0.25, -0.2) is 0 Å². The number of carbonyl (C=O) groups excluding carboxylic acids is 2. The Hall–Kier alpha value is -1.65. The van der Waals surface area contributed by atoms with Gasteiger partial charge in [0.2, 0.25) is 0 Å². The van der Waals surface area contributed by atoms with Gasteiger partial charge in [-0.05, 0) is 0 Å². The number of hydrogen-bond donors (Lipinski definition) is 0. The molecule has 0 aromatic carbocycles. The summed E-state index contributed by atoms with van der Waals surface area (Å²) in [5.41, 5.74) is 0.353. The van der Waals surface area contributed by atoms with Gasteiger partial charge in [-0.1, -0.05) is 0 Å². The zero-order chi connectivity index (χ0) is 8.27. The van der Waals surface area contributed by atoms with E-state index in [1.807, 2.05) is 0 Å². The van der Waals surface area contributed by atoms with Crippen molar-refractivity contribution in [2.45, 2.75) is 6.54 Å². The van der Waals surface area contributed by atoms with Crippen molar-refractivity contribution >= 4 is 12.3 Å². The van der Waals surface area contributed by atoms with Crippen molar-refractivity contribution in [2.24, 2.45) is 0 Å². The second-order valence-electron chi connectivity index (χ2n) is 1.96. The molecule has 11 heavy (non-hydrogen) atoms. The van der Waals surface area contributed by atoms with Crippen LogP contribution < -0.4 is 5.11 Å². The molecule has 0 saturated carbocycles. The number of carboxylic acid groups (broad SMARTS) is 1. The Morgan fingerprint density at radius 1 is 1.82 bits per heavy atom. The van der Waals surface area contributed by atoms with Gasteiger partial charge in [0.25, 0.3) is 0 Å². The third-order valence-corrected chi connectivity index (χ3v) is 1.08. The highest BCUT2D eigenvalue weighted by Gasteiger charge is 1.95. The smallest absolute Gasteiger partial charge is 0.153 e. The van der Waals surface area contributed by atoms with E-state index in [9.17, 15) is 14.7 Å². The molecular formula is C6H5N2O3-. The summed E-state index contributed by atoms with van der Waals surface area (Å²) < 4.78 is 1.12. The highest BCUT2D eigenvalue weighted by molar-refractivity contribution is 5.73. The summed E-state index contributed by atoms with van der Waals surface area (Å²) in [6.45, 7) is -0.326. The van der Waals surface area contributed by atoms with Crippen molar-refractivity contribution in [2.75, 3.05) is 0 Å². The zero-order valence-electron chi connectivity index (χ0n) is 5.56. The molecule has 5 heteroatoms. The van der Waals surface area contributed by atoms with E-state index >= 15 is 0 Å².